The van der Waals surface area contributed by atoms with Crippen LogP contribution in [0.15, 0.2) is 23.1 Å². The normalized spacial score (nSPS) is 12.6. The summed E-state index contributed by atoms with van der Waals surface area (Å²) in [7, 11) is 6.11. The number of nitrogen functional groups attached to an aromatic ring is 1. The first kappa shape index (κ1) is 24.5. The molecule has 0 radical (unpaired) electrons. The molecule has 3 aromatic heterocycles. The summed E-state index contributed by atoms with van der Waals surface area (Å²) in [4.78, 5) is 32.5. The molecule has 0 spiro atoms. The third-order valence-electron chi connectivity index (χ3n) is 4.91. The summed E-state index contributed by atoms with van der Waals surface area (Å²) in [6.07, 6.45) is 3.55. The number of hydrogen-bond acceptors (Lipinski definition) is 9. The van der Waals surface area contributed by atoms with E-state index in [1.165, 1.54) is 4.57 Å². The van der Waals surface area contributed by atoms with Crippen molar-refractivity contribution in [1.29, 1.82) is 0 Å². The molecular formula is C22H34N8O3. The lowest BCUT2D eigenvalue weighted by atomic mass is 10.3. The number of aromatic amines is 1. The highest BCUT2D eigenvalue weighted by molar-refractivity contribution is 5.81. The molecule has 3 heterocycles. The number of ether oxygens (including phenoxy) is 2. The highest BCUT2D eigenvalue weighted by atomic mass is 16.5. The minimum absolute atomic E-state index is 0.0182. The van der Waals surface area contributed by atoms with Gasteiger partial charge in [-0.1, -0.05) is 19.4 Å². The van der Waals surface area contributed by atoms with Crippen LogP contribution in [0, 0.1) is 0 Å². The second-order valence-electron chi connectivity index (χ2n) is 8.50. The van der Waals surface area contributed by atoms with Gasteiger partial charge in [-0.05, 0) is 40.1 Å². The first-order chi connectivity index (χ1) is 15.8. The van der Waals surface area contributed by atoms with E-state index in [0.717, 1.165) is 31.6 Å². The van der Waals surface area contributed by atoms with E-state index in [-0.39, 0.29) is 30.2 Å². The average molecular weight is 459 g/mol. The Hall–Kier alpha value is -3.18. The van der Waals surface area contributed by atoms with Gasteiger partial charge in [0.25, 0.3) is 0 Å². The van der Waals surface area contributed by atoms with Gasteiger partial charge in [-0.25, -0.2) is 9.78 Å². The Balaban J connectivity index is 1.71. The van der Waals surface area contributed by atoms with Gasteiger partial charge in [-0.2, -0.15) is 9.97 Å². The smallest absolute Gasteiger partial charge is 0.328 e. The van der Waals surface area contributed by atoms with E-state index in [9.17, 15) is 4.79 Å². The van der Waals surface area contributed by atoms with Crippen molar-refractivity contribution in [2.45, 2.75) is 39.3 Å². The Morgan fingerprint density at radius 1 is 1.24 bits per heavy atom. The first-order valence-corrected chi connectivity index (χ1v) is 11.1. The number of unbranched alkanes of at least 4 members (excludes halogenated alkanes) is 1. The Morgan fingerprint density at radius 3 is 2.70 bits per heavy atom. The molecule has 0 bridgehead atoms. The highest BCUT2D eigenvalue weighted by Gasteiger charge is 2.15. The number of hydrogen-bond donors (Lipinski definition) is 2. The minimum Gasteiger partial charge on any atom is -0.473 e. The molecule has 0 aromatic carbocycles. The Kier molecular flexibility index (Phi) is 8.23. The van der Waals surface area contributed by atoms with Crippen LogP contribution in [-0.2, 0) is 6.54 Å². The van der Waals surface area contributed by atoms with Crippen LogP contribution in [0.25, 0.3) is 11.2 Å². The van der Waals surface area contributed by atoms with Crippen LogP contribution in [-0.4, -0.2) is 81.4 Å². The molecule has 3 N–H and O–H groups in total. The van der Waals surface area contributed by atoms with Crippen molar-refractivity contribution in [2.75, 3.05) is 46.7 Å². The third-order valence-corrected chi connectivity index (χ3v) is 4.91. The molecule has 11 nitrogen and oxygen atoms in total. The summed E-state index contributed by atoms with van der Waals surface area (Å²) in [6.45, 7) is 6.47. The number of nitrogens with one attached hydrogen (secondary N) is 1. The minimum atomic E-state index is -0.324. The molecule has 0 fully saturated rings. The molecule has 3 aromatic rings. The van der Waals surface area contributed by atoms with Gasteiger partial charge in [0.05, 0.1) is 13.2 Å². The third kappa shape index (κ3) is 6.65. The number of H-pyrrole nitrogens is 1. The van der Waals surface area contributed by atoms with Gasteiger partial charge in [-0.3, -0.25) is 14.4 Å². The molecule has 1 unspecified atom stereocenters. The summed E-state index contributed by atoms with van der Waals surface area (Å²) in [5.41, 5.74) is 7.31. The van der Waals surface area contributed by atoms with Crippen LogP contribution in [0.5, 0.6) is 11.9 Å². The molecule has 0 aliphatic carbocycles. The van der Waals surface area contributed by atoms with Gasteiger partial charge >= 0.3 is 11.7 Å². The van der Waals surface area contributed by atoms with Crippen molar-refractivity contribution in [3.8, 4) is 11.9 Å². The van der Waals surface area contributed by atoms with Crippen molar-refractivity contribution in [2.24, 2.45) is 0 Å². The van der Waals surface area contributed by atoms with Gasteiger partial charge in [-0.15, -0.1) is 0 Å². The summed E-state index contributed by atoms with van der Waals surface area (Å²) >= 11 is 0. The van der Waals surface area contributed by atoms with E-state index >= 15 is 0 Å². The summed E-state index contributed by atoms with van der Waals surface area (Å²) < 4.78 is 13.0. The van der Waals surface area contributed by atoms with Crippen LogP contribution in [0.1, 0.15) is 32.3 Å². The SMILES string of the molecule is CCCCOc1nc(N)c2[nH]c(=O)n(Cc3ccc(OC(C)CN(C)CN(C)C)nc3)c2n1. The van der Waals surface area contributed by atoms with Crippen molar-refractivity contribution >= 4 is 17.0 Å². The average Bonchev–Trinajstić information content (AvgIpc) is 3.05. The predicted molar refractivity (Wildman–Crippen MR) is 128 cm³/mol. The van der Waals surface area contributed by atoms with Gasteiger partial charge in [0.15, 0.2) is 11.5 Å². The van der Waals surface area contributed by atoms with Crippen molar-refractivity contribution in [3.05, 3.63) is 34.4 Å². The molecule has 0 saturated carbocycles. The number of imidazole rings is 1. The standard InChI is InChI=1S/C22H34N8O3/c1-6-7-10-32-21-26-19(23)18-20(27-21)30(22(31)25-18)13-16-8-9-17(24-11-16)33-15(2)12-29(5)14-28(3)4/h8-9,11,15H,6-7,10,12-14H2,1-5H3,(H,25,31)(H2,23,26,27). The molecule has 33 heavy (non-hydrogen) atoms. The molecule has 0 amide bonds. The van der Waals surface area contributed by atoms with Crippen molar-refractivity contribution in [1.82, 2.24) is 34.3 Å². The van der Waals surface area contributed by atoms with E-state index in [1.807, 2.05) is 34.1 Å². The van der Waals surface area contributed by atoms with E-state index in [1.54, 1.807) is 12.3 Å². The molecule has 0 aliphatic heterocycles. The monoisotopic (exact) mass is 458 g/mol. The molecule has 3 rings (SSSR count). The van der Waals surface area contributed by atoms with Gasteiger partial charge in [0.1, 0.15) is 11.6 Å². The lowest BCUT2D eigenvalue weighted by Crippen LogP contribution is -2.37. The van der Waals surface area contributed by atoms with Gasteiger partial charge in [0.2, 0.25) is 5.88 Å². The molecule has 180 valence electrons. The second kappa shape index (κ2) is 11.1. The quantitative estimate of drug-likeness (QED) is 0.307. The van der Waals surface area contributed by atoms with E-state index in [0.29, 0.717) is 23.7 Å². The molecule has 0 saturated heterocycles. The number of nitrogens with two attached hydrogens (primary N) is 1. The summed E-state index contributed by atoms with van der Waals surface area (Å²) in [6, 6.07) is 3.85. The topological polar surface area (TPSA) is 127 Å². The Bertz CT molecular complexity index is 1090. The first-order valence-electron chi connectivity index (χ1n) is 11.1. The Labute approximate surface area is 193 Å². The van der Waals surface area contributed by atoms with Crippen molar-refractivity contribution < 1.29 is 9.47 Å². The fourth-order valence-corrected chi connectivity index (χ4v) is 3.53. The largest absolute Gasteiger partial charge is 0.473 e. The van der Waals surface area contributed by atoms with Crippen LogP contribution in [0.3, 0.4) is 0 Å². The predicted octanol–water partition coefficient (Wildman–Crippen LogP) is 1.54. The van der Waals surface area contributed by atoms with Gasteiger partial charge in [0, 0.05) is 25.5 Å². The molecular weight excluding hydrogens is 424 g/mol. The number of nitrogens with zero attached hydrogens (tertiary/aromatic N) is 6. The Morgan fingerprint density at radius 2 is 2.03 bits per heavy atom. The van der Waals surface area contributed by atoms with E-state index in [4.69, 9.17) is 15.2 Å². The highest BCUT2D eigenvalue weighted by Crippen LogP contribution is 2.19. The van der Waals surface area contributed by atoms with Crippen LogP contribution in [0.4, 0.5) is 5.82 Å². The fraction of sp³-hybridized carbons (Fsp3) is 0.545. The molecule has 0 aliphatic rings. The van der Waals surface area contributed by atoms with Crippen LogP contribution in [0.2, 0.25) is 0 Å². The van der Waals surface area contributed by atoms with Crippen LogP contribution < -0.4 is 20.9 Å². The van der Waals surface area contributed by atoms with Crippen LogP contribution >= 0.6 is 0 Å². The lowest BCUT2D eigenvalue weighted by molar-refractivity contribution is 0.126. The van der Waals surface area contributed by atoms with E-state index < -0.39 is 0 Å². The lowest BCUT2D eigenvalue weighted by Gasteiger charge is -2.24. The molecule has 11 heteroatoms. The summed E-state index contributed by atoms with van der Waals surface area (Å²) in [5, 5.41) is 0. The zero-order chi connectivity index (χ0) is 24.0. The maximum absolute atomic E-state index is 12.5. The maximum Gasteiger partial charge on any atom is 0.328 e. The fourth-order valence-electron chi connectivity index (χ4n) is 3.53. The zero-order valence-electron chi connectivity index (χ0n) is 20.0. The zero-order valence-corrected chi connectivity index (χ0v) is 20.0. The molecule has 1 atom stereocenters. The van der Waals surface area contributed by atoms with Crippen molar-refractivity contribution in [3.63, 3.8) is 0 Å². The second-order valence-corrected chi connectivity index (χ2v) is 8.50. The number of likely N-dealkylation sites (N-methyl/N-ethyl adjacent to an activating group) is 1. The van der Waals surface area contributed by atoms with E-state index in [2.05, 4.69) is 36.7 Å². The maximum atomic E-state index is 12.5. The number of fused-ring (bicyclic) bond motifs is 1. The number of anilines is 1. The number of pyridine rings is 1. The number of rotatable bonds is 12. The summed E-state index contributed by atoms with van der Waals surface area (Å²) in [5.74, 6) is 0.714. The van der Waals surface area contributed by atoms with Gasteiger partial charge < -0.3 is 20.2 Å². The number of aromatic nitrogens is 5.